The van der Waals surface area contributed by atoms with Crippen LogP contribution in [0.15, 0.2) is 0 Å². The van der Waals surface area contributed by atoms with E-state index in [1.165, 1.54) is 0 Å². The number of nitrogens with zero attached hydrogens (tertiary/aromatic N) is 1. The second-order valence-electron chi connectivity index (χ2n) is 4.56. The van der Waals surface area contributed by atoms with Gasteiger partial charge in [0.25, 0.3) is 0 Å². The number of hydrogen-bond donors (Lipinski definition) is 1. The molecule has 0 aromatic rings. The van der Waals surface area contributed by atoms with Gasteiger partial charge in [-0.05, 0) is 13.5 Å². The van der Waals surface area contributed by atoms with Gasteiger partial charge < -0.3 is 10.2 Å². The summed E-state index contributed by atoms with van der Waals surface area (Å²) in [6.45, 7) is 11.1. The highest BCUT2D eigenvalue weighted by Crippen LogP contribution is 2.25. The molecule has 3 nitrogen and oxygen atoms in total. The van der Waals surface area contributed by atoms with E-state index in [0.29, 0.717) is 17.2 Å². The highest BCUT2D eigenvalue weighted by atomic mass is 32.2. The van der Waals surface area contributed by atoms with Crippen molar-refractivity contribution in [3.63, 3.8) is 0 Å². The molecule has 94 valence electrons. The van der Waals surface area contributed by atoms with E-state index in [9.17, 15) is 4.79 Å². The molecule has 1 saturated heterocycles. The molecule has 1 N–H and O–H groups in total. The van der Waals surface area contributed by atoms with Crippen LogP contribution < -0.4 is 5.32 Å². The third kappa shape index (κ3) is 3.39. The van der Waals surface area contributed by atoms with Gasteiger partial charge in [0.1, 0.15) is 0 Å². The third-order valence-electron chi connectivity index (χ3n) is 3.29. The topological polar surface area (TPSA) is 32.3 Å². The SMILES string of the molecule is CCNCC(C)C(=O)N1CCSC(C)C1C. The van der Waals surface area contributed by atoms with Crippen LogP contribution in [0.5, 0.6) is 0 Å². The van der Waals surface area contributed by atoms with Crippen molar-refractivity contribution in [3.8, 4) is 0 Å². The van der Waals surface area contributed by atoms with E-state index < -0.39 is 0 Å². The highest BCUT2D eigenvalue weighted by Gasteiger charge is 2.30. The maximum absolute atomic E-state index is 12.2. The molecule has 1 amide bonds. The Labute approximate surface area is 103 Å². The van der Waals surface area contributed by atoms with Crippen LogP contribution in [0.1, 0.15) is 27.7 Å². The molecule has 1 aliphatic rings. The number of hydrogen-bond acceptors (Lipinski definition) is 3. The largest absolute Gasteiger partial charge is 0.338 e. The lowest BCUT2D eigenvalue weighted by atomic mass is 10.1. The van der Waals surface area contributed by atoms with Gasteiger partial charge in [0.2, 0.25) is 5.91 Å². The minimum Gasteiger partial charge on any atom is -0.338 e. The average molecular weight is 244 g/mol. The summed E-state index contributed by atoms with van der Waals surface area (Å²) in [7, 11) is 0. The van der Waals surface area contributed by atoms with Gasteiger partial charge >= 0.3 is 0 Å². The second kappa shape index (κ2) is 6.50. The van der Waals surface area contributed by atoms with Crippen LogP contribution in [-0.2, 0) is 4.79 Å². The van der Waals surface area contributed by atoms with Crippen molar-refractivity contribution in [2.45, 2.75) is 39.0 Å². The lowest BCUT2D eigenvalue weighted by molar-refractivity contribution is -0.136. The zero-order valence-corrected chi connectivity index (χ0v) is 11.6. The van der Waals surface area contributed by atoms with Crippen LogP contribution in [0.4, 0.5) is 0 Å². The van der Waals surface area contributed by atoms with Crippen molar-refractivity contribution in [1.82, 2.24) is 10.2 Å². The van der Waals surface area contributed by atoms with Gasteiger partial charge in [0.05, 0.1) is 0 Å². The molecule has 16 heavy (non-hydrogen) atoms. The standard InChI is InChI=1S/C12H24N2OS/c1-5-13-8-9(2)12(15)14-6-7-16-11(4)10(14)3/h9-11,13H,5-8H2,1-4H3. The summed E-state index contributed by atoms with van der Waals surface area (Å²) in [6, 6.07) is 0.371. The first-order valence-corrected chi connectivity index (χ1v) is 7.25. The Morgan fingerprint density at radius 3 is 2.88 bits per heavy atom. The molecule has 0 saturated carbocycles. The van der Waals surface area contributed by atoms with E-state index >= 15 is 0 Å². The Morgan fingerprint density at radius 1 is 1.56 bits per heavy atom. The van der Waals surface area contributed by atoms with Gasteiger partial charge in [-0.15, -0.1) is 0 Å². The zero-order chi connectivity index (χ0) is 12.1. The van der Waals surface area contributed by atoms with Gasteiger partial charge in [-0.2, -0.15) is 11.8 Å². The number of carbonyl (C=O) groups excluding carboxylic acids is 1. The van der Waals surface area contributed by atoms with Crippen LogP contribution in [-0.4, -0.2) is 47.5 Å². The fourth-order valence-electron chi connectivity index (χ4n) is 1.98. The summed E-state index contributed by atoms with van der Waals surface area (Å²) in [5, 5.41) is 3.80. The van der Waals surface area contributed by atoms with Crippen molar-refractivity contribution in [2.75, 3.05) is 25.4 Å². The molecule has 4 heteroatoms. The summed E-state index contributed by atoms with van der Waals surface area (Å²) in [6.07, 6.45) is 0. The predicted molar refractivity (Wildman–Crippen MR) is 70.8 cm³/mol. The molecule has 0 aromatic heterocycles. The van der Waals surface area contributed by atoms with E-state index in [2.05, 4.69) is 31.0 Å². The molecule has 1 rings (SSSR count). The number of amides is 1. The van der Waals surface area contributed by atoms with Crippen LogP contribution in [0.3, 0.4) is 0 Å². The van der Waals surface area contributed by atoms with Crippen molar-refractivity contribution in [2.24, 2.45) is 5.92 Å². The Hall–Kier alpha value is -0.220. The summed E-state index contributed by atoms with van der Waals surface area (Å²) >= 11 is 1.97. The molecular weight excluding hydrogens is 220 g/mol. The number of rotatable bonds is 4. The number of carbonyl (C=O) groups is 1. The van der Waals surface area contributed by atoms with E-state index in [-0.39, 0.29) is 5.92 Å². The third-order valence-corrected chi connectivity index (χ3v) is 4.63. The van der Waals surface area contributed by atoms with Crippen LogP contribution in [0, 0.1) is 5.92 Å². The molecule has 0 radical (unpaired) electrons. The van der Waals surface area contributed by atoms with Gasteiger partial charge in [-0.1, -0.05) is 20.8 Å². The first-order valence-electron chi connectivity index (χ1n) is 6.20. The Kier molecular flexibility index (Phi) is 5.62. The Balaban J connectivity index is 2.51. The van der Waals surface area contributed by atoms with Gasteiger partial charge in [0.15, 0.2) is 0 Å². The van der Waals surface area contributed by atoms with Gasteiger partial charge in [-0.25, -0.2) is 0 Å². The van der Waals surface area contributed by atoms with Crippen LogP contribution in [0.25, 0.3) is 0 Å². The van der Waals surface area contributed by atoms with Crippen LogP contribution >= 0.6 is 11.8 Å². The molecule has 3 unspecified atom stereocenters. The summed E-state index contributed by atoms with van der Waals surface area (Å²) < 4.78 is 0. The predicted octanol–water partition coefficient (Wildman–Crippen LogP) is 1.58. The summed E-state index contributed by atoms with van der Waals surface area (Å²) in [5.41, 5.74) is 0. The monoisotopic (exact) mass is 244 g/mol. The Morgan fingerprint density at radius 2 is 2.25 bits per heavy atom. The maximum atomic E-state index is 12.2. The average Bonchev–Trinajstić information content (AvgIpc) is 2.28. The highest BCUT2D eigenvalue weighted by molar-refractivity contribution is 8.00. The number of thioether (sulfide) groups is 1. The molecule has 0 bridgehead atoms. The van der Waals surface area contributed by atoms with Crippen molar-refractivity contribution < 1.29 is 4.79 Å². The zero-order valence-electron chi connectivity index (χ0n) is 10.8. The fourth-order valence-corrected chi connectivity index (χ4v) is 3.07. The summed E-state index contributed by atoms with van der Waals surface area (Å²) in [4.78, 5) is 14.3. The lowest BCUT2D eigenvalue weighted by Crippen LogP contribution is -2.50. The first kappa shape index (κ1) is 13.8. The quantitative estimate of drug-likeness (QED) is 0.815. The van der Waals surface area contributed by atoms with Gasteiger partial charge in [-0.3, -0.25) is 4.79 Å². The second-order valence-corrected chi connectivity index (χ2v) is 6.04. The normalized spacial score (nSPS) is 27.9. The molecule has 1 aliphatic heterocycles. The van der Waals surface area contributed by atoms with E-state index in [4.69, 9.17) is 0 Å². The van der Waals surface area contributed by atoms with E-state index in [1.807, 2.05) is 18.7 Å². The lowest BCUT2D eigenvalue weighted by Gasteiger charge is -2.39. The fraction of sp³-hybridized carbons (Fsp3) is 0.917. The molecule has 3 atom stereocenters. The minimum absolute atomic E-state index is 0.0951. The first-order chi connectivity index (χ1) is 7.57. The smallest absolute Gasteiger partial charge is 0.226 e. The molecule has 0 spiro atoms. The van der Waals surface area contributed by atoms with Crippen molar-refractivity contribution in [1.29, 1.82) is 0 Å². The van der Waals surface area contributed by atoms with E-state index in [1.54, 1.807) is 0 Å². The van der Waals surface area contributed by atoms with Crippen LogP contribution in [0.2, 0.25) is 0 Å². The number of nitrogens with one attached hydrogen (secondary N) is 1. The molecule has 1 heterocycles. The maximum Gasteiger partial charge on any atom is 0.226 e. The molecular formula is C12H24N2OS. The Bertz CT molecular complexity index is 235. The summed E-state index contributed by atoms with van der Waals surface area (Å²) in [5.74, 6) is 1.48. The van der Waals surface area contributed by atoms with Gasteiger partial charge in [0, 0.05) is 36.1 Å². The molecule has 0 aromatic carbocycles. The molecule has 0 aliphatic carbocycles. The van der Waals surface area contributed by atoms with E-state index in [0.717, 1.165) is 25.4 Å². The minimum atomic E-state index is 0.0951. The molecule has 1 fully saturated rings. The van der Waals surface area contributed by atoms with Crippen molar-refractivity contribution in [3.05, 3.63) is 0 Å². The van der Waals surface area contributed by atoms with Crippen molar-refractivity contribution >= 4 is 17.7 Å².